The quantitative estimate of drug-likeness (QED) is 0.852. The summed E-state index contributed by atoms with van der Waals surface area (Å²) in [7, 11) is 1.78. The number of aromatic nitrogens is 1. The van der Waals surface area contributed by atoms with Gasteiger partial charge in [0.1, 0.15) is 0 Å². The summed E-state index contributed by atoms with van der Waals surface area (Å²) in [5.74, 6) is 0.662. The molecule has 1 N–H and O–H groups in total. The summed E-state index contributed by atoms with van der Waals surface area (Å²) in [6.07, 6.45) is 3.13. The SMILES string of the molecule is COCC1CCN(c2ccnc(CNC(C)C)c2)C1. The Morgan fingerprint density at radius 3 is 3.11 bits per heavy atom. The van der Waals surface area contributed by atoms with Gasteiger partial charge in [-0.25, -0.2) is 0 Å². The Balaban J connectivity index is 1.95. The molecule has 0 aliphatic carbocycles. The van der Waals surface area contributed by atoms with Crippen molar-refractivity contribution in [3.63, 3.8) is 0 Å². The molecule has 0 aromatic carbocycles. The van der Waals surface area contributed by atoms with Crippen molar-refractivity contribution in [2.75, 3.05) is 31.7 Å². The summed E-state index contributed by atoms with van der Waals surface area (Å²) in [6, 6.07) is 4.79. The van der Waals surface area contributed by atoms with Crippen molar-refractivity contribution >= 4 is 5.69 Å². The maximum Gasteiger partial charge on any atom is 0.0562 e. The van der Waals surface area contributed by atoms with Crippen LogP contribution in [0, 0.1) is 5.92 Å². The number of anilines is 1. The van der Waals surface area contributed by atoms with Crippen LogP contribution in [0.2, 0.25) is 0 Å². The van der Waals surface area contributed by atoms with Crippen molar-refractivity contribution < 1.29 is 4.74 Å². The lowest BCUT2D eigenvalue weighted by atomic mass is 10.1. The molecule has 4 heteroatoms. The first-order chi connectivity index (χ1) is 9.19. The Hall–Kier alpha value is -1.13. The molecule has 0 saturated carbocycles. The Kier molecular flexibility index (Phi) is 5.16. The number of nitrogens with zero attached hydrogens (tertiary/aromatic N) is 2. The van der Waals surface area contributed by atoms with E-state index in [1.807, 2.05) is 6.20 Å². The van der Waals surface area contributed by atoms with Gasteiger partial charge in [0.15, 0.2) is 0 Å². The molecule has 4 nitrogen and oxygen atoms in total. The minimum absolute atomic E-state index is 0.489. The molecule has 1 saturated heterocycles. The Morgan fingerprint density at radius 2 is 2.37 bits per heavy atom. The minimum atomic E-state index is 0.489. The number of hydrogen-bond acceptors (Lipinski definition) is 4. The van der Waals surface area contributed by atoms with E-state index in [0.717, 1.165) is 31.9 Å². The highest BCUT2D eigenvalue weighted by Gasteiger charge is 2.22. The van der Waals surface area contributed by atoms with Gasteiger partial charge in [0.2, 0.25) is 0 Å². The normalized spacial score (nSPS) is 19.4. The van der Waals surface area contributed by atoms with Gasteiger partial charge in [0.05, 0.1) is 12.3 Å². The second kappa shape index (κ2) is 6.87. The number of ether oxygens (including phenoxy) is 1. The highest BCUT2D eigenvalue weighted by atomic mass is 16.5. The topological polar surface area (TPSA) is 37.4 Å². The van der Waals surface area contributed by atoms with Crippen LogP contribution in [0.3, 0.4) is 0 Å². The first-order valence-electron chi connectivity index (χ1n) is 7.11. The summed E-state index contributed by atoms with van der Waals surface area (Å²) in [4.78, 5) is 6.86. The van der Waals surface area contributed by atoms with Crippen LogP contribution in [-0.2, 0) is 11.3 Å². The first-order valence-corrected chi connectivity index (χ1v) is 7.11. The van der Waals surface area contributed by atoms with Gasteiger partial charge >= 0.3 is 0 Å². The van der Waals surface area contributed by atoms with E-state index in [1.165, 1.54) is 12.1 Å². The lowest BCUT2D eigenvalue weighted by Crippen LogP contribution is -2.24. The van der Waals surface area contributed by atoms with E-state index in [4.69, 9.17) is 4.74 Å². The third-order valence-electron chi connectivity index (χ3n) is 3.54. The molecular weight excluding hydrogens is 238 g/mol. The average molecular weight is 263 g/mol. The van der Waals surface area contributed by atoms with Crippen molar-refractivity contribution in [1.29, 1.82) is 0 Å². The monoisotopic (exact) mass is 263 g/mol. The zero-order valence-corrected chi connectivity index (χ0v) is 12.2. The Morgan fingerprint density at radius 1 is 1.53 bits per heavy atom. The van der Waals surface area contributed by atoms with Crippen LogP contribution in [0.1, 0.15) is 26.0 Å². The molecule has 1 fully saturated rings. The summed E-state index contributed by atoms with van der Waals surface area (Å²) in [5.41, 5.74) is 2.40. The predicted molar refractivity (Wildman–Crippen MR) is 78.4 cm³/mol. The van der Waals surface area contributed by atoms with Crippen molar-refractivity contribution in [3.8, 4) is 0 Å². The molecule has 0 amide bonds. The number of nitrogens with one attached hydrogen (secondary N) is 1. The number of hydrogen-bond donors (Lipinski definition) is 1. The average Bonchev–Trinajstić information content (AvgIpc) is 2.86. The highest BCUT2D eigenvalue weighted by Crippen LogP contribution is 2.24. The molecule has 0 radical (unpaired) electrons. The molecule has 1 aliphatic heterocycles. The lowest BCUT2D eigenvalue weighted by Gasteiger charge is -2.19. The second-order valence-electron chi connectivity index (χ2n) is 5.60. The van der Waals surface area contributed by atoms with E-state index in [2.05, 4.69) is 41.2 Å². The lowest BCUT2D eigenvalue weighted by molar-refractivity contribution is 0.161. The van der Waals surface area contributed by atoms with Gasteiger partial charge in [0.25, 0.3) is 0 Å². The van der Waals surface area contributed by atoms with Crippen LogP contribution in [0.4, 0.5) is 5.69 Å². The molecule has 1 aliphatic rings. The number of methoxy groups -OCH3 is 1. The van der Waals surface area contributed by atoms with Crippen LogP contribution in [0.15, 0.2) is 18.3 Å². The molecule has 0 spiro atoms. The van der Waals surface area contributed by atoms with Gasteiger partial charge in [-0.05, 0) is 18.6 Å². The molecule has 106 valence electrons. The molecule has 1 aromatic heterocycles. The van der Waals surface area contributed by atoms with E-state index in [1.54, 1.807) is 7.11 Å². The fourth-order valence-electron chi connectivity index (χ4n) is 2.51. The fraction of sp³-hybridized carbons (Fsp3) is 0.667. The van der Waals surface area contributed by atoms with E-state index in [9.17, 15) is 0 Å². The zero-order valence-electron chi connectivity index (χ0n) is 12.2. The molecule has 1 atom stereocenters. The van der Waals surface area contributed by atoms with Crippen molar-refractivity contribution in [3.05, 3.63) is 24.0 Å². The van der Waals surface area contributed by atoms with E-state index >= 15 is 0 Å². The first kappa shape index (κ1) is 14.3. The minimum Gasteiger partial charge on any atom is -0.384 e. The van der Waals surface area contributed by atoms with Crippen LogP contribution < -0.4 is 10.2 Å². The maximum atomic E-state index is 5.25. The van der Waals surface area contributed by atoms with Gasteiger partial charge in [-0.2, -0.15) is 0 Å². The molecule has 19 heavy (non-hydrogen) atoms. The van der Waals surface area contributed by atoms with Crippen LogP contribution in [0.5, 0.6) is 0 Å². The highest BCUT2D eigenvalue weighted by molar-refractivity contribution is 5.47. The van der Waals surface area contributed by atoms with Crippen molar-refractivity contribution in [2.45, 2.75) is 32.9 Å². The van der Waals surface area contributed by atoms with Gasteiger partial charge < -0.3 is 15.0 Å². The summed E-state index contributed by atoms with van der Waals surface area (Å²) in [6.45, 7) is 8.22. The van der Waals surface area contributed by atoms with Gasteiger partial charge in [-0.1, -0.05) is 13.8 Å². The van der Waals surface area contributed by atoms with E-state index in [0.29, 0.717) is 12.0 Å². The molecule has 0 bridgehead atoms. The molecule has 2 rings (SSSR count). The standard InChI is InChI=1S/C15H25N3O/c1-12(2)17-9-14-8-15(4-6-16-14)18-7-5-13(10-18)11-19-3/h4,6,8,12-13,17H,5,7,9-11H2,1-3H3. The molecule has 1 aromatic rings. The van der Waals surface area contributed by atoms with E-state index in [-0.39, 0.29) is 0 Å². The number of rotatable bonds is 6. The summed E-state index contributed by atoms with van der Waals surface area (Å²) >= 11 is 0. The Bertz CT molecular complexity index is 395. The molecule has 2 heterocycles. The third kappa shape index (κ3) is 4.18. The molecular formula is C15H25N3O. The van der Waals surface area contributed by atoms with Crippen molar-refractivity contribution in [1.82, 2.24) is 10.3 Å². The van der Waals surface area contributed by atoms with Crippen LogP contribution >= 0.6 is 0 Å². The largest absolute Gasteiger partial charge is 0.384 e. The third-order valence-corrected chi connectivity index (χ3v) is 3.54. The van der Waals surface area contributed by atoms with Crippen LogP contribution in [0.25, 0.3) is 0 Å². The fourth-order valence-corrected chi connectivity index (χ4v) is 2.51. The van der Waals surface area contributed by atoms with E-state index < -0.39 is 0 Å². The van der Waals surface area contributed by atoms with Crippen molar-refractivity contribution in [2.24, 2.45) is 5.92 Å². The Labute approximate surface area is 116 Å². The number of pyridine rings is 1. The second-order valence-corrected chi connectivity index (χ2v) is 5.60. The summed E-state index contributed by atoms with van der Waals surface area (Å²) in [5, 5.41) is 3.41. The van der Waals surface area contributed by atoms with Gasteiger partial charge in [0, 0.05) is 50.6 Å². The molecule has 1 unspecified atom stereocenters. The predicted octanol–water partition coefficient (Wildman–Crippen LogP) is 2.05. The van der Waals surface area contributed by atoms with Gasteiger partial charge in [-0.15, -0.1) is 0 Å². The zero-order chi connectivity index (χ0) is 13.7. The maximum absolute atomic E-state index is 5.25. The smallest absolute Gasteiger partial charge is 0.0562 e. The summed E-state index contributed by atoms with van der Waals surface area (Å²) < 4.78 is 5.25. The van der Waals surface area contributed by atoms with Crippen LogP contribution in [-0.4, -0.2) is 37.8 Å². The van der Waals surface area contributed by atoms with Gasteiger partial charge in [-0.3, -0.25) is 4.98 Å².